The average Bonchev–Trinajstić information content (AvgIpc) is 2.93. The summed E-state index contributed by atoms with van der Waals surface area (Å²) in [5, 5.41) is 2.79. The Kier molecular flexibility index (Phi) is 7.39. The van der Waals surface area contributed by atoms with E-state index in [2.05, 4.69) is 10.1 Å². The van der Waals surface area contributed by atoms with E-state index >= 15 is 0 Å². The lowest BCUT2D eigenvalue weighted by atomic mass is 10.1. The fourth-order valence-electron chi connectivity index (χ4n) is 2.36. The molecule has 2 amide bonds. The number of benzene rings is 1. The van der Waals surface area contributed by atoms with Crippen LogP contribution in [0.25, 0.3) is 0 Å². The summed E-state index contributed by atoms with van der Waals surface area (Å²) in [6, 6.07) is 6.55. The van der Waals surface area contributed by atoms with Crippen molar-refractivity contribution in [3.05, 3.63) is 29.8 Å². The molecule has 1 aliphatic rings. The van der Waals surface area contributed by atoms with E-state index in [9.17, 15) is 14.4 Å². The third-order valence-electron chi connectivity index (χ3n) is 3.72. The SMILES string of the molecule is COC(=O)c1ccc(NC(=O)CCCCCN2C(=O)CSC2=S)cc1. The molecule has 25 heavy (non-hydrogen) atoms. The van der Waals surface area contributed by atoms with Crippen molar-refractivity contribution in [3.8, 4) is 0 Å². The van der Waals surface area contributed by atoms with Crippen molar-refractivity contribution in [2.45, 2.75) is 25.7 Å². The van der Waals surface area contributed by atoms with Gasteiger partial charge in [-0.15, -0.1) is 0 Å². The Morgan fingerprint density at radius 1 is 1.24 bits per heavy atom. The van der Waals surface area contributed by atoms with E-state index in [-0.39, 0.29) is 11.8 Å². The van der Waals surface area contributed by atoms with Gasteiger partial charge in [-0.2, -0.15) is 0 Å². The predicted octanol–water partition coefficient (Wildman–Crippen LogP) is 2.83. The Bertz CT molecular complexity index is 645. The number of carbonyl (C=O) groups is 3. The van der Waals surface area contributed by atoms with E-state index in [0.29, 0.717) is 34.3 Å². The number of rotatable bonds is 8. The molecule has 1 saturated heterocycles. The maximum Gasteiger partial charge on any atom is 0.337 e. The van der Waals surface area contributed by atoms with Gasteiger partial charge in [0.05, 0.1) is 18.4 Å². The van der Waals surface area contributed by atoms with Crippen LogP contribution in [-0.2, 0) is 14.3 Å². The molecule has 0 aromatic heterocycles. The van der Waals surface area contributed by atoms with E-state index in [0.717, 1.165) is 19.3 Å². The molecule has 0 spiro atoms. The number of anilines is 1. The van der Waals surface area contributed by atoms with Crippen LogP contribution in [0.5, 0.6) is 0 Å². The number of thiocarbonyl (C=S) groups is 1. The number of hydrogen-bond acceptors (Lipinski definition) is 6. The Morgan fingerprint density at radius 3 is 2.56 bits per heavy atom. The number of carbonyl (C=O) groups excluding carboxylic acids is 3. The molecular formula is C17H20N2O4S2. The third-order valence-corrected chi connectivity index (χ3v) is 5.15. The van der Waals surface area contributed by atoms with Gasteiger partial charge >= 0.3 is 5.97 Å². The van der Waals surface area contributed by atoms with Gasteiger partial charge in [-0.05, 0) is 37.1 Å². The van der Waals surface area contributed by atoms with Crippen LogP contribution in [0.2, 0.25) is 0 Å². The highest BCUT2D eigenvalue weighted by atomic mass is 32.2. The van der Waals surface area contributed by atoms with Gasteiger partial charge in [0.2, 0.25) is 11.8 Å². The Labute approximate surface area is 156 Å². The molecule has 0 atom stereocenters. The number of unbranched alkanes of at least 4 members (excludes halogenated alkanes) is 2. The van der Waals surface area contributed by atoms with Crippen LogP contribution in [0.1, 0.15) is 36.0 Å². The van der Waals surface area contributed by atoms with Gasteiger partial charge in [0.1, 0.15) is 4.32 Å². The summed E-state index contributed by atoms with van der Waals surface area (Å²) in [7, 11) is 1.32. The first kappa shape index (κ1) is 19.4. The van der Waals surface area contributed by atoms with Gasteiger partial charge < -0.3 is 10.1 Å². The largest absolute Gasteiger partial charge is 0.465 e. The molecule has 1 aromatic carbocycles. The smallest absolute Gasteiger partial charge is 0.337 e. The molecule has 0 aliphatic carbocycles. The molecule has 1 fully saturated rings. The van der Waals surface area contributed by atoms with Crippen molar-refractivity contribution in [2.24, 2.45) is 0 Å². The van der Waals surface area contributed by atoms with Gasteiger partial charge in [-0.3, -0.25) is 14.5 Å². The summed E-state index contributed by atoms with van der Waals surface area (Å²) in [5.41, 5.74) is 1.08. The van der Waals surface area contributed by atoms with Crippen molar-refractivity contribution in [3.63, 3.8) is 0 Å². The number of nitrogens with zero attached hydrogens (tertiary/aromatic N) is 1. The van der Waals surface area contributed by atoms with Crippen molar-refractivity contribution >= 4 is 51.8 Å². The van der Waals surface area contributed by atoms with E-state index in [4.69, 9.17) is 12.2 Å². The summed E-state index contributed by atoms with van der Waals surface area (Å²) in [6.07, 6.45) is 2.83. The standard InChI is InChI=1S/C17H20N2O4S2/c1-23-16(22)12-6-8-13(9-7-12)18-14(20)5-3-2-4-10-19-15(21)11-25-17(19)24/h6-9H,2-5,10-11H2,1H3,(H,18,20). The molecule has 2 rings (SSSR count). The summed E-state index contributed by atoms with van der Waals surface area (Å²) < 4.78 is 5.27. The fraction of sp³-hybridized carbons (Fsp3) is 0.412. The van der Waals surface area contributed by atoms with E-state index < -0.39 is 5.97 Å². The van der Waals surface area contributed by atoms with Crippen LogP contribution in [0, 0.1) is 0 Å². The summed E-state index contributed by atoms with van der Waals surface area (Å²) in [6.45, 7) is 0.626. The lowest BCUT2D eigenvalue weighted by Gasteiger charge is -2.14. The number of esters is 1. The van der Waals surface area contributed by atoms with Crippen LogP contribution in [-0.4, -0.2) is 46.4 Å². The third kappa shape index (κ3) is 5.82. The van der Waals surface area contributed by atoms with Crippen LogP contribution in [0.15, 0.2) is 24.3 Å². The summed E-state index contributed by atoms with van der Waals surface area (Å²) >= 11 is 6.52. The second-order valence-corrected chi connectivity index (χ2v) is 7.14. The second-order valence-electron chi connectivity index (χ2n) is 5.53. The molecule has 134 valence electrons. The predicted molar refractivity (Wildman–Crippen MR) is 102 cm³/mol. The monoisotopic (exact) mass is 380 g/mol. The topological polar surface area (TPSA) is 75.7 Å². The first-order valence-electron chi connectivity index (χ1n) is 7.96. The first-order valence-corrected chi connectivity index (χ1v) is 9.36. The van der Waals surface area contributed by atoms with Crippen molar-refractivity contribution < 1.29 is 19.1 Å². The minimum absolute atomic E-state index is 0.0724. The fourth-order valence-corrected chi connectivity index (χ4v) is 3.48. The average molecular weight is 380 g/mol. The molecule has 8 heteroatoms. The lowest BCUT2D eigenvalue weighted by Crippen LogP contribution is -2.29. The van der Waals surface area contributed by atoms with Crippen molar-refractivity contribution in [2.75, 3.05) is 24.7 Å². The molecule has 1 aromatic rings. The van der Waals surface area contributed by atoms with Crippen LogP contribution >= 0.6 is 24.0 Å². The molecule has 0 saturated carbocycles. The normalized spacial score (nSPS) is 13.9. The highest BCUT2D eigenvalue weighted by Crippen LogP contribution is 2.20. The number of hydrogen-bond donors (Lipinski definition) is 1. The molecule has 6 nitrogen and oxygen atoms in total. The molecule has 0 unspecified atom stereocenters. The molecule has 1 heterocycles. The molecule has 1 aliphatic heterocycles. The highest BCUT2D eigenvalue weighted by Gasteiger charge is 2.25. The van der Waals surface area contributed by atoms with Gasteiger partial charge in [-0.1, -0.05) is 30.4 Å². The minimum atomic E-state index is -0.410. The number of amides is 2. The van der Waals surface area contributed by atoms with Gasteiger partial charge in [0.15, 0.2) is 0 Å². The van der Waals surface area contributed by atoms with E-state index in [1.165, 1.54) is 18.9 Å². The zero-order valence-electron chi connectivity index (χ0n) is 13.9. The van der Waals surface area contributed by atoms with Crippen molar-refractivity contribution in [1.29, 1.82) is 0 Å². The molecule has 0 radical (unpaired) electrons. The maximum atomic E-state index is 11.9. The zero-order valence-corrected chi connectivity index (χ0v) is 15.6. The van der Waals surface area contributed by atoms with E-state index in [1.807, 2.05) is 0 Å². The summed E-state index contributed by atoms with van der Waals surface area (Å²) in [4.78, 5) is 36.5. The van der Waals surface area contributed by atoms with Crippen LogP contribution in [0.3, 0.4) is 0 Å². The quantitative estimate of drug-likeness (QED) is 0.425. The van der Waals surface area contributed by atoms with Crippen LogP contribution in [0.4, 0.5) is 5.69 Å². The highest BCUT2D eigenvalue weighted by molar-refractivity contribution is 8.23. The Morgan fingerprint density at radius 2 is 1.96 bits per heavy atom. The number of methoxy groups -OCH3 is 1. The first-order chi connectivity index (χ1) is 12.0. The molecular weight excluding hydrogens is 360 g/mol. The Balaban J connectivity index is 1.64. The number of thioether (sulfide) groups is 1. The maximum absolute atomic E-state index is 11.9. The lowest BCUT2D eigenvalue weighted by molar-refractivity contribution is -0.124. The summed E-state index contributed by atoms with van der Waals surface area (Å²) in [5.74, 6) is 0.0280. The van der Waals surface area contributed by atoms with E-state index in [1.54, 1.807) is 29.2 Å². The second kappa shape index (κ2) is 9.53. The Hall–Kier alpha value is -1.93. The van der Waals surface area contributed by atoms with Crippen molar-refractivity contribution in [1.82, 2.24) is 4.90 Å². The number of nitrogens with one attached hydrogen (secondary N) is 1. The van der Waals surface area contributed by atoms with Gasteiger partial charge in [0, 0.05) is 18.7 Å². The van der Waals surface area contributed by atoms with Gasteiger partial charge in [0.25, 0.3) is 0 Å². The number of ether oxygens (including phenoxy) is 1. The molecule has 0 bridgehead atoms. The van der Waals surface area contributed by atoms with Gasteiger partial charge in [-0.25, -0.2) is 4.79 Å². The zero-order chi connectivity index (χ0) is 18.2. The minimum Gasteiger partial charge on any atom is -0.465 e. The van der Waals surface area contributed by atoms with Crippen LogP contribution < -0.4 is 5.32 Å². The molecule has 1 N–H and O–H groups in total.